The van der Waals surface area contributed by atoms with E-state index in [0.717, 1.165) is 5.56 Å². The Bertz CT molecular complexity index is 278. The standard InChI is InChI=1S/C8H10Cl2N2.ClH/c1-5(12-11)7-3-2-6(9)4-8(7)10;/h2-5,12H,11H2,1H3;1H/t5-;/m0./s1. The Kier molecular flexibility index (Phi) is 5.68. The van der Waals surface area contributed by atoms with Gasteiger partial charge in [-0.1, -0.05) is 29.3 Å². The maximum absolute atomic E-state index is 5.92. The number of hydrogen-bond acceptors (Lipinski definition) is 2. The first kappa shape index (κ1) is 13.0. The van der Waals surface area contributed by atoms with Crippen molar-refractivity contribution in [3.05, 3.63) is 33.8 Å². The summed E-state index contributed by atoms with van der Waals surface area (Å²) < 4.78 is 0. The summed E-state index contributed by atoms with van der Waals surface area (Å²) >= 11 is 11.7. The van der Waals surface area contributed by atoms with Gasteiger partial charge in [-0.3, -0.25) is 11.3 Å². The van der Waals surface area contributed by atoms with Gasteiger partial charge in [0.25, 0.3) is 0 Å². The summed E-state index contributed by atoms with van der Waals surface area (Å²) in [5.74, 6) is 5.27. The third-order valence-electron chi connectivity index (χ3n) is 1.68. The molecule has 0 amide bonds. The molecule has 5 heteroatoms. The minimum atomic E-state index is 0. The SMILES string of the molecule is C[C@H](NN)c1ccc(Cl)cc1Cl.Cl. The topological polar surface area (TPSA) is 38.0 Å². The fraction of sp³-hybridized carbons (Fsp3) is 0.250. The molecule has 1 aromatic rings. The minimum Gasteiger partial charge on any atom is -0.271 e. The van der Waals surface area contributed by atoms with E-state index in [9.17, 15) is 0 Å². The molecule has 74 valence electrons. The number of hydrogen-bond donors (Lipinski definition) is 2. The van der Waals surface area contributed by atoms with Gasteiger partial charge in [-0.2, -0.15) is 0 Å². The fourth-order valence-electron chi connectivity index (χ4n) is 0.942. The normalized spacial score (nSPS) is 12.0. The van der Waals surface area contributed by atoms with Gasteiger partial charge in [0.2, 0.25) is 0 Å². The van der Waals surface area contributed by atoms with E-state index in [1.807, 2.05) is 13.0 Å². The molecule has 3 N–H and O–H groups in total. The fourth-order valence-corrected chi connectivity index (χ4v) is 1.51. The molecule has 0 aliphatic carbocycles. The van der Waals surface area contributed by atoms with Gasteiger partial charge in [0.1, 0.15) is 0 Å². The smallest absolute Gasteiger partial charge is 0.0469 e. The van der Waals surface area contributed by atoms with Crippen LogP contribution in [0.4, 0.5) is 0 Å². The monoisotopic (exact) mass is 240 g/mol. The van der Waals surface area contributed by atoms with Crippen molar-refractivity contribution in [2.45, 2.75) is 13.0 Å². The highest BCUT2D eigenvalue weighted by atomic mass is 35.5. The van der Waals surface area contributed by atoms with Crippen LogP contribution in [0.5, 0.6) is 0 Å². The van der Waals surface area contributed by atoms with E-state index < -0.39 is 0 Å². The first-order valence-corrected chi connectivity index (χ1v) is 4.32. The molecule has 2 nitrogen and oxygen atoms in total. The zero-order chi connectivity index (χ0) is 9.14. The quantitative estimate of drug-likeness (QED) is 0.617. The zero-order valence-electron chi connectivity index (χ0n) is 7.05. The van der Waals surface area contributed by atoms with Crippen molar-refractivity contribution in [3.63, 3.8) is 0 Å². The van der Waals surface area contributed by atoms with Crippen LogP contribution in [0, 0.1) is 0 Å². The van der Waals surface area contributed by atoms with E-state index in [0.29, 0.717) is 10.0 Å². The highest BCUT2D eigenvalue weighted by molar-refractivity contribution is 6.35. The van der Waals surface area contributed by atoms with Gasteiger partial charge in [0.15, 0.2) is 0 Å². The average molecular weight is 242 g/mol. The van der Waals surface area contributed by atoms with Crippen molar-refractivity contribution in [1.29, 1.82) is 0 Å². The molecule has 0 heterocycles. The second-order valence-electron chi connectivity index (χ2n) is 2.55. The van der Waals surface area contributed by atoms with E-state index in [4.69, 9.17) is 29.0 Å². The predicted octanol–water partition coefficient (Wildman–Crippen LogP) is 2.94. The molecule has 0 aliphatic heterocycles. The lowest BCUT2D eigenvalue weighted by molar-refractivity contribution is 0.603. The number of benzene rings is 1. The van der Waals surface area contributed by atoms with Gasteiger partial charge in [0.05, 0.1) is 0 Å². The Balaban J connectivity index is 0.00000144. The van der Waals surface area contributed by atoms with Crippen molar-refractivity contribution >= 4 is 35.6 Å². The van der Waals surface area contributed by atoms with Crippen molar-refractivity contribution in [1.82, 2.24) is 5.43 Å². The molecule has 0 radical (unpaired) electrons. The molecule has 0 saturated heterocycles. The second kappa shape index (κ2) is 5.68. The molecule has 0 aromatic heterocycles. The number of nitrogens with one attached hydrogen (secondary N) is 1. The van der Waals surface area contributed by atoms with Crippen LogP contribution in [0.1, 0.15) is 18.5 Å². The van der Waals surface area contributed by atoms with Crippen molar-refractivity contribution in [2.75, 3.05) is 0 Å². The molecular weight excluding hydrogens is 230 g/mol. The summed E-state index contributed by atoms with van der Waals surface area (Å²) in [6.07, 6.45) is 0. The van der Waals surface area contributed by atoms with Gasteiger partial charge in [-0.25, -0.2) is 0 Å². The van der Waals surface area contributed by atoms with Crippen LogP contribution in [0.2, 0.25) is 10.0 Å². The largest absolute Gasteiger partial charge is 0.271 e. The van der Waals surface area contributed by atoms with Crippen LogP contribution >= 0.6 is 35.6 Å². The first-order chi connectivity index (χ1) is 5.65. The Morgan fingerprint density at radius 2 is 2.00 bits per heavy atom. The van der Waals surface area contributed by atoms with Crippen molar-refractivity contribution in [2.24, 2.45) is 5.84 Å². The minimum absolute atomic E-state index is 0. The molecule has 1 atom stereocenters. The molecule has 13 heavy (non-hydrogen) atoms. The van der Waals surface area contributed by atoms with Gasteiger partial charge in [0, 0.05) is 16.1 Å². The van der Waals surface area contributed by atoms with Gasteiger partial charge in [-0.15, -0.1) is 12.4 Å². The van der Waals surface area contributed by atoms with E-state index >= 15 is 0 Å². The third-order valence-corrected chi connectivity index (χ3v) is 2.24. The van der Waals surface area contributed by atoms with Crippen molar-refractivity contribution < 1.29 is 0 Å². The number of nitrogens with two attached hydrogens (primary N) is 1. The van der Waals surface area contributed by atoms with Gasteiger partial charge >= 0.3 is 0 Å². The molecule has 0 fully saturated rings. The lowest BCUT2D eigenvalue weighted by Crippen LogP contribution is -2.25. The molecular formula is C8H11Cl3N2. The Labute approximate surface area is 93.8 Å². The summed E-state index contributed by atoms with van der Waals surface area (Å²) in [7, 11) is 0. The summed E-state index contributed by atoms with van der Waals surface area (Å²) in [4.78, 5) is 0. The van der Waals surface area contributed by atoms with E-state index in [2.05, 4.69) is 5.43 Å². The van der Waals surface area contributed by atoms with Crippen molar-refractivity contribution in [3.8, 4) is 0 Å². The maximum Gasteiger partial charge on any atom is 0.0469 e. The molecule has 0 spiro atoms. The Morgan fingerprint density at radius 1 is 1.38 bits per heavy atom. The lowest BCUT2D eigenvalue weighted by Gasteiger charge is -2.11. The maximum atomic E-state index is 5.92. The molecule has 0 saturated carbocycles. The van der Waals surface area contributed by atoms with Crippen LogP contribution in [-0.2, 0) is 0 Å². The van der Waals surface area contributed by atoms with Crippen LogP contribution < -0.4 is 11.3 Å². The molecule has 0 unspecified atom stereocenters. The predicted molar refractivity (Wildman–Crippen MR) is 59.4 cm³/mol. The number of halogens is 3. The van der Waals surface area contributed by atoms with Crippen LogP contribution in [0.3, 0.4) is 0 Å². The highest BCUT2D eigenvalue weighted by Gasteiger charge is 2.07. The second-order valence-corrected chi connectivity index (χ2v) is 3.40. The molecule has 1 rings (SSSR count). The first-order valence-electron chi connectivity index (χ1n) is 3.56. The number of rotatable bonds is 2. The van der Waals surface area contributed by atoms with E-state index in [1.54, 1.807) is 12.1 Å². The third kappa shape index (κ3) is 3.33. The lowest BCUT2D eigenvalue weighted by atomic mass is 10.1. The van der Waals surface area contributed by atoms with Crippen LogP contribution in [0.25, 0.3) is 0 Å². The van der Waals surface area contributed by atoms with Gasteiger partial charge in [-0.05, 0) is 24.6 Å². The Morgan fingerprint density at radius 3 is 2.46 bits per heavy atom. The van der Waals surface area contributed by atoms with Crippen LogP contribution in [-0.4, -0.2) is 0 Å². The highest BCUT2D eigenvalue weighted by Crippen LogP contribution is 2.25. The average Bonchev–Trinajstić information content (AvgIpc) is 2.03. The summed E-state index contributed by atoms with van der Waals surface area (Å²) in [5, 5.41) is 1.26. The van der Waals surface area contributed by atoms with Gasteiger partial charge < -0.3 is 0 Å². The summed E-state index contributed by atoms with van der Waals surface area (Å²) in [5.41, 5.74) is 3.56. The van der Waals surface area contributed by atoms with E-state index in [1.165, 1.54) is 0 Å². The zero-order valence-corrected chi connectivity index (χ0v) is 9.38. The molecule has 0 aliphatic rings. The Hall–Kier alpha value is 0.01000. The van der Waals surface area contributed by atoms with Crippen LogP contribution in [0.15, 0.2) is 18.2 Å². The summed E-state index contributed by atoms with van der Waals surface area (Å²) in [6.45, 7) is 1.93. The number of hydrazine groups is 1. The summed E-state index contributed by atoms with van der Waals surface area (Å²) in [6, 6.07) is 5.38. The van der Waals surface area contributed by atoms with E-state index in [-0.39, 0.29) is 18.4 Å². The molecule has 1 aromatic carbocycles. The molecule has 0 bridgehead atoms.